The van der Waals surface area contributed by atoms with Gasteiger partial charge in [-0.05, 0) is 12.8 Å². The molecule has 0 aliphatic carbocycles. The summed E-state index contributed by atoms with van der Waals surface area (Å²) in [5.41, 5.74) is 5.87. The molecule has 1 aromatic heterocycles. The first kappa shape index (κ1) is 14.8. The highest BCUT2D eigenvalue weighted by molar-refractivity contribution is 5.38. The van der Waals surface area contributed by atoms with Gasteiger partial charge in [0.25, 0.3) is 0 Å². The number of hydrogen-bond acceptors (Lipinski definition) is 7. The van der Waals surface area contributed by atoms with Crippen molar-refractivity contribution in [2.45, 2.75) is 25.0 Å². The van der Waals surface area contributed by atoms with Gasteiger partial charge in [0.05, 0.1) is 26.4 Å². The van der Waals surface area contributed by atoms with E-state index in [9.17, 15) is 0 Å². The fraction of sp³-hybridized carbons (Fsp3) is 0.692. The van der Waals surface area contributed by atoms with Gasteiger partial charge in [-0.2, -0.15) is 9.97 Å². The Balaban J connectivity index is 2.25. The number of hydrogen-bond donors (Lipinski definition) is 1. The van der Waals surface area contributed by atoms with Crippen LogP contribution in [0.25, 0.3) is 0 Å². The van der Waals surface area contributed by atoms with E-state index < -0.39 is 0 Å². The van der Waals surface area contributed by atoms with E-state index in [0.29, 0.717) is 24.3 Å². The molecular formula is C13H22N4O3. The molecule has 0 spiro atoms. The van der Waals surface area contributed by atoms with Crippen molar-refractivity contribution in [2.75, 3.05) is 39.3 Å². The Kier molecular flexibility index (Phi) is 4.97. The third kappa shape index (κ3) is 3.10. The Morgan fingerprint density at radius 1 is 1.25 bits per heavy atom. The molecule has 1 aliphatic rings. The SMILES string of the molecule is COc1cc(OC)nc(N2CCC(OC)CC2CN)n1. The van der Waals surface area contributed by atoms with Crippen molar-refractivity contribution in [3.8, 4) is 11.8 Å². The first-order valence-corrected chi connectivity index (χ1v) is 6.68. The van der Waals surface area contributed by atoms with Crippen LogP contribution in [0.1, 0.15) is 12.8 Å². The summed E-state index contributed by atoms with van der Waals surface area (Å²) < 4.78 is 15.8. The highest BCUT2D eigenvalue weighted by Crippen LogP contribution is 2.26. The number of nitrogens with zero attached hydrogens (tertiary/aromatic N) is 3. The quantitative estimate of drug-likeness (QED) is 0.838. The molecular weight excluding hydrogens is 260 g/mol. The van der Waals surface area contributed by atoms with E-state index in [4.69, 9.17) is 19.9 Å². The molecule has 2 rings (SSSR count). The third-order valence-corrected chi connectivity index (χ3v) is 3.62. The highest BCUT2D eigenvalue weighted by atomic mass is 16.5. The minimum Gasteiger partial charge on any atom is -0.481 e. The fourth-order valence-corrected chi connectivity index (χ4v) is 2.44. The molecule has 1 saturated heterocycles. The van der Waals surface area contributed by atoms with Crippen molar-refractivity contribution in [3.05, 3.63) is 6.07 Å². The van der Waals surface area contributed by atoms with Crippen molar-refractivity contribution in [3.63, 3.8) is 0 Å². The van der Waals surface area contributed by atoms with Gasteiger partial charge >= 0.3 is 0 Å². The summed E-state index contributed by atoms with van der Waals surface area (Å²) in [7, 11) is 4.88. The van der Waals surface area contributed by atoms with Crippen LogP contribution in [0.5, 0.6) is 11.8 Å². The second-order valence-electron chi connectivity index (χ2n) is 4.72. The molecule has 0 radical (unpaired) electrons. The molecule has 7 heteroatoms. The molecule has 20 heavy (non-hydrogen) atoms. The molecule has 2 atom stereocenters. The maximum Gasteiger partial charge on any atom is 0.232 e. The zero-order valence-electron chi connectivity index (χ0n) is 12.2. The Morgan fingerprint density at radius 3 is 2.40 bits per heavy atom. The van der Waals surface area contributed by atoms with E-state index in [2.05, 4.69) is 14.9 Å². The lowest BCUT2D eigenvalue weighted by atomic mass is 10.00. The average molecular weight is 282 g/mol. The van der Waals surface area contributed by atoms with Gasteiger partial charge in [-0.1, -0.05) is 0 Å². The summed E-state index contributed by atoms with van der Waals surface area (Å²) in [6.07, 6.45) is 2.04. The van der Waals surface area contributed by atoms with Gasteiger partial charge in [-0.25, -0.2) is 0 Å². The standard InChI is InChI=1S/C13H22N4O3/c1-18-10-4-5-17(9(6-10)8-14)13-15-11(19-2)7-12(16-13)20-3/h7,9-10H,4-6,8,14H2,1-3H3. The van der Waals surface area contributed by atoms with Crippen LogP contribution in [0.2, 0.25) is 0 Å². The summed E-state index contributed by atoms with van der Waals surface area (Å²) >= 11 is 0. The predicted octanol–water partition coefficient (Wildman–Crippen LogP) is 0.436. The molecule has 0 saturated carbocycles. The van der Waals surface area contributed by atoms with Gasteiger partial charge in [0.15, 0.2) is 0 Å². The maximum absolute atomic E-state index is 5.87. The first-order chi connectivity index (χ1) is 9.71. The lowest BCUT2D eigenvalue weighted by Crippen LogP contribution is -2.49. The lowest BCUT2D eigenvalue weighted by molar-refractivity contribution is 0.0705. The number of piperidine rings is 1. The van der Waals surface area contributed by atoms with E-state index in [1.165, 1.54) is 0 Å². The van der Waals surface area contributed by atoms with Crippen LogP contribution in [0.15, 0.2) is 6.07 Å². The molecule has 2 heterocycles. The zero-order valence-corrected chi connectivity index (χ0v) is 12.2. The number of ether oxygens (including phenoxy) is 3. The molecule has 2 unspecified atom stereocenters. The number of nitrogens with two attached hydrogens (primary N) is 1. The van der Waals surface area contributed by atoms with E-state index in [1.54, 1.807) is 27.4 Å². The Hall–Kier alpha value is -1.60. The van der Waals surface area contributed by atoms with Crippen molar-refractivity contribution < 1.29 is 14.2 Å². The second-order valence-corrected chi connectivity index (χ2v) is 4.72. The van der Waals surface area contributed by atoms with Gasteiger partial charge in [0.2, 0.25) is 17.7 Å². The normalized spacial score (nSPS) is 22.7. The number of anilines is 1. The molecule has 0 bridgehead atoms. The Bertz CT molecular complexity index is 421. The van der Waals surface area contributed by atoms with Crippen LogP contribution in [0.4, 0.5) is 5.95 Å². The van der Waals surface area contributed by atoms with Crippen molar-refractivity contribution in [1.82, 2.24) is 9.97 Å². The summed E-state index contributed by atoms with van der Waals surface area (Å²) in [5, 5.41) is 0. The number of methoxy groups -OCH3 is 3. The predicted molar refractivity (Wildman–Crippen MR) is 75.4 cm³/mol. The van der Waals surface area contributed by atoms with Gasteiger partial charge in [0.1, 0.15) is 0 Å². The monoisotopic (exact) mass is 282 g/mol. The molecule has 0 amide bonds. The van der Waals surface area contributed by atoms with E-state index in [1.807, 2.05) is 0 Å². The van der Waals surface area contributed by atoms with Crippen LogP contribution >= 0.6 is 0 Å². The minimum absolute atomic E-state index is 0.158. The van der Waals surface area contributed by atoms with Crippen LogP contribution in [-0.2, 0) is 4.74 Å². The molecule has 1 aromatic rings. The van der Waals surface area contributed by atoms with E-state index in [0.717, 1.165) is 19.4 Å². The molecule has 2 N–H and O–H groups in total. The first-order valence-electron chi connectivity index (χ1n) is 6.68. The maximum atomic E-state index is 5.87. The van der Waals surface area contributed by atoms with Crippen LogP contribution in [0.3, 0.4) is 0 Å². The summed E-state index contributed by atoms with van der Waals surface area (Å²) in [5.74, 6) is 1.55. The largest absolute Gasteiger partial charge is 0.481 e. The van der Waals surface area contributed by atoms with Gasteiger partial charge in [-0.3, -0.25) is 0 Å². The fourth-order valence-electron chi connectivity index (χ4n) is 2.44. The van der Waals surface area contributed by atoms with Crippen LogP contribution in [-0.4, -0.2) is 56.5 Å². The van der Waals surface area contributed by atoms with Crippen LogP contribution < -0.4 is 20.1 Å². The molecule has 1 fully saturated rings. The lowest BCUT2D eigenvalue weighted by Gasteiger charge is -2.38. The molecule has 112 valence electrons. The van der Waals surface area contributed by atoms with Gasteiger partial charge in [-0.15, -0.1) is 0 Å². The number of rotatable bonds is 5. The smallest absolute Gasteiger partial charge is 0.232 e. The minimum atomic E-state index is 0.158. The zero-order chi connectivity index (χ0) is 14.5. The Morgan fingerprint density at radius 2 is 1.90 bits per heavy atom. The molecule has 7 nitrogen and oxygen atoms in total. The van der Waals surface area contributed by atoms with Gasteiger partial charge in [0, 0.05) is 26.2 Å². The van der Waals surface area contributed by atoms with Crippen molar-refractivity contribution >= 4 is 5.95 Å². The molecule has 0 aromatic carbocycles. The highest BCUT2D eigenvalue weighted by Gasteiger charge is 2.29. The van der Waals surface area contributed by atoms with Crippen molar-refractivity contribution in [2.24, 2.45) is 5.73 Å². The summed E-state index contributed by atoms with van der Waals surface area (Å²) in [6.45, 7) is 1.33. The average Bonchev–Trinajstić information content (AvgIpc) is 2.53. The molecule has 1 aliphatic heterocycles. The summed E-state index contributed by atoms with van der Waals surface area (Å²) in [4.78, 5) is 10.9. The van der Waals surface area contributed by atoms with Gasteiger partial charge < -0.3 is 24.8 Å². The van der Waals surface area contributed by atoms with E-state index >= 15 is 0 Å². The van der Waals surface area contributed by atoms with Crippen molar-refractivity contribution in [1.29, 1.82) is 0 Å². The summed E-state index contributed by atoms with van der Waals surface area (Å²) in [6, 6.07) is 1.81. The third-order valence-electron chi connectivity index (χ3n) is 3.62. The second kappa shape index (κ2) is 6.71. The van der Waals surface area contributed by atoms with E-state index in [-0.39, 0.29) is 12.1 Å². The van der Waals surface area contributed by atoms with Crippen LogP contribution in [0, 0.1) is 0 Å². The topological polar surface area (TPSA) is 82.7 Å². The number of aromatic nitrogens is 2. The Labute approximate surface area is 119 Å².